The number of aromatic nitrogens is 1. The quantitative estimate of drug-likeness (QED) is 0.601. The summed E-state index contributed by atoms with van der Waals surface area (Å²) in [4.78, 5) is 4.23. The molecule has 0 radical (unpaired) electrons. The van der Waals surface area contributed by atoms with Crippen molar-refractivity contribution in [2.45, 2.75) is 25.5 Å². The van der Waals surface area contributed by atoms with Crippen LogP contribution in [0.5, 0.6) is 0 Å². The monoisotopic (exact) mass is 263 g/mol. The zero-order valence-corrected chi connectivity index (χ0v) is 10.3. The maximum Gasteiger partial charge on any atom is 0.255 e. The SMILES string of the molecule is CCC(CBr)CSc1nc(C)co1. The second kappa shape index (κ2) is 5.70. The van der Waals surface area contributed by atoms with Crippen molar-refractivity contribution < 1.29 is 4.42 Å². The van der Waals surface area contributed by atoms with Gasteiger partial charge in [0, 0.05) is 11.1 Å². The van der Waals surface area contributed by atoms with Gasteiger partial charge >= 0.3 is 0 Å². The lowest BCUT2D eigenvalue weighted by Crippen LogP contribution is -2.02. The first kappa shape index (κ1) is 11.1. The lowest BCUT2D eigenvalue weighted by Gasteiger charge is -2.07. The minimum atomic E-state index is 0.706. The normalized spacial score (nSPS) is 13.2. The summed E-state index contributed by atoms with van der Waals surface area (Å²) < 4.78 is 5.24. The molecule has 0 aromatic carbocycles. The fraction of sp³-hybridized carbons (Fsp3) is 0.667. The van der Waals surface area contributed by atoms with Crippen LogP contribution >= 0.6 is 27.7 Å². The minimum absolute atomic E-state index is 0.706. The molecule has 1 heterocycles. The molecule has 74 valence electrons. The van der Waals surface area contributed by atoms with Gasteiger partial charge in [0.1, 0.15) is 6.26 Å². The van der Waals surface area contributed by atoms with Crippen LogP contribution in [0.2, 0.25) is 0 Å². The molecule has 0 bridgehead atoms. The van der Waals surface area contributed by atoms with E-state index in [2.05, 4.69) is 27.8 Å². The van der Waals surface area contributed by atoms with Crippen LogP contribution in [0.4, 0.5) is 0 Å². The summed E-state index contributed by atoms with van der Waals surface area (Å²) in [6, 6.07) is 0. The van der Waals surface area contributed by atoms with Crippen LogP contribution in [-0.4, -0.2) is 16.1 Å². The number of oxazole rings is 1. The second-order valence-corrected chi connectivity index (χ2v) is 4.61. The lowest BCUT2D eigenvalue weighted by atomic mass is 10.2. The van der Waals surface area contributed by atoms with E-state index in [1.165, 1.54) is 6.42 Å². The third-order valence-corrected chi connectivity index (χ3v) is 3.82. The first-order valence-corrected chi connectivity index (χ1v) is 6.47. The highest BCUT2D eigenvalue weighted by Gasteiger charge is 2.07. The van der Waals surface area contributed by atoms with E-state index in [9.17, 15) is 0 Å². The van der Waals surface area contributed by atoms with Crippen molar-refractivity contribution >= 4 is 27.7 Å². The number of alkyl halides is 1. The third-order valence-electron chi connectivity index (χ3n) is 1.84. The largest absolute Gasteiger partial charge is 0.440 e. The van der Waals surface area contributed by atoms with Crippen LogP contribution in [-0.2, 0) is 0 Å². The van der Waals surface area contributed by atoms with Gasteiger partial charge in [0.15, 0.2) is 0 Å². The molecule has 0 aliphatic rings. The van der Waals surface area contributed by atoms with Crippen LogP contribution < -0.4 is 0 Å². The molecule has 4 heteroatoms. The summed E-state index contributed by atoms with van der Waals surface area (Å²) >= 11 is 5.18. The highest BCUT2D eigenvalue weighted by molar-refractivity contribution is 9.09. The van der Waals surface area contributed by atoms with Crippen molar-refractivity contribution in [3.63, 3.8) is 0 Å². The molecular formula is C9H14BrNOS. The van der Waals surface area contributed by atoms with Crippen molar-refractivity contribution in [2.24, 2.45) is 5.92 Å². The van der Waals surface area contributed by atoms with E-state index in [0.29, 0.717) is 5.92 Å². The number of halogens is 1. The van der Waals surface area contributed by atoms with E-state index in [1.54, 1.807) is 18.0 Å². The summed E-state index contributed by atoms with van der Waals surface area (Å²) in [6.07, 6.45) is 2.88. The molecule has 0 amide bonds. The molecule has 0 fully saturated rings. The Kier molecular flexibility index (Phi) is 4.88. The van der Waals surface area contributed by atoms with E-state index in [-0.39, 0.29) is 0 Å². The standard InChI is InChI=1S/C9H14BrNOS/c1-3-8(4-10)6-13-9-11-7(2)5-12-9/h5,8H,3-4,6H2,1-2H3. The van der Waals surface area contributed by atoms with E-state index in [4.69, 9.17) is 4.42 Å². The van der Waals surface area contributed by atoms with Gasteiger partial charge in [-0.05, 0) is 12.8 Å². The predicted octanol–water partition coefficient (Wildman–Crippen LogP) is 3.50. The van der Waals surface area contributed by atoms with Gasteiger partial charge in [0.25, 0.3) is 5.22 Å². The molecule has 1 aromatic heterocycles. The maximum absolute atomic E-state index is 5.24. The number of hydrogen-bond acceptors (Lipinski definition) is 3. The average molecular weight is 264 g/mol. The van der Waals surface area contributed by atoms with Crippen molar-refractivity contribution in [1.82, 2.24) is 4.98 Å². The predicted molar refractivity (Wildman–Crippen MR) is 59.5 cm³/mol. The molecule has 0 N–H and O–H groups in total. The fourth-order valence-electron chi connectivity index (χ4n) is 0.859. The lowest BCUT2D eigenvalue weighted by molar-refractivity contribution is 0.453. The smallest absolute Gasteiger partial charge is 0.255 e. The summed E-state index contributed by atoms with van der Waals surface area (Å²) in [5.74, 6) is 1.78. The van der Waals surface area contributed by atoms with Crippen molar-refractivity contribution in [1.29, 1.82) is 0 Å². The number of hydrogen-bond donors (Lipinski definition) is 0. The van der Waals surface area contributed by atoms with Gasteiger partial charge in [0.05, 0.1) is 5.69 Å². The van der Waals surface area contributed by atoms with Crippen molar-refractivity contribution in [2.75, 3.05) is 11.1 Å². The van der Waals surface area contributed by atoms with E-state index < -0.39 is 0 Å². The molecular weight excluding hydrogens is 250 g/mol. The van der Waals surface area contributed by atoms with Crippen LogP contribution in [0.1, 0.15) is 19.0 Å². The van der Waals surface area contributed by atoms with Crippen LogP contribution in [0.3, 0.4) is 0 Å². The van der Waals surface area contributed by atoms with Gasteiger partial charge in [-0.1, -0.05) is 41.0 Å². The molecule has 1 rings (SSSR count). The Balaban J connectivity index is 2.33. The Morgan fingerprint density at radius 1 is 1.69 bits per heavy atom. The van der Waals surface area contributed by atoms with E-state index in [1.807, 2.05) is 6.92 Å². The topological polar surface area (TPSA) is 26.0 Å². The molecule has 0 saturated heterocycles. The molecule has 1 unspecified atom stereocenters. The van der Waals surface area contributed by atoms with Crippen molar-refractivity contribution in [3.8, 4) is 0 Å². The van der Waals surface area contributed by atoms with Gasteiger partial charge in [-0.25, -0.2) is 4.98 Å². The first-order chi connectivity index (χ1) is 6.26. The molecule has 0 spiro atoms. The minimum Gasteiger partial charge on any atom is -0.440 e. The third kappa shape index (κ3) is 3.73. The zero-order valence-electron chi connectivity index (χ0n) is 7.92. The molecule has 1 atom stereocenters. The highest BCUT2D eigenvalue weighted by Crippen LogP contribution is 2.22. The second-order valence-electron chi connectivity index (χ2n) is 2.99. The van der Waals surface area contributed by atoms with Gasteiger partial charge in [-0.3, -0.25) is 0 Å². The van der Waals surface area contributed by atoms with Gasteiger partial charge in [-0.15, -0.1) is 0 Å². The van der Waals surface area contributed by atoms with Crippen molar-refractivity contribution in [3.05, 3.63) is 12.0 Å². The Morgan fingerprint density at radius 3 is 2.92 bits per heavy atom. The van der Waals surface area contributed by atoms with Crippen LogP contribution in [0.15, 0.2) is 15.9 Å². The summed E-state index contributed by atoms with van der Waals surface area (Å²) in [6.45, 7) is 4.14. The molecule has 1 aromatic rings. The summed E-state index contributed by atoms with van der Waals surface area (Å²) in [7, 11) is 0. The Labute approximate surface area is 91.6 Å². The van der Waals surface area contributed by atoms with Gasteiger partial charge < -0.3 is 4.42 Å². The van der Waals surface area contributed by atoms with E-state index in [0.717, 1.165) is 22.0 Å². The zero-order chi connectivity index (χ0) is 9.68. The molecule has 0 aliphatic carbocycles. The van der Waals surface area contributed by atoms with Gasteiger partial charge in [-0.2, -0.15) is 0 Å². The molecule has 0 aliphatic heterocycles. The first-order valence-electron chi connectivity index (χ1n) is 4.37. The molecule has 0 saturated carbocycles. The average Bonchev–Trinajstić information content (AvgIpc) is 2.53. The number of aryl methyl sites for hydroxylation is 1. The Morgan fingerprint density at radius 2 is 2.46 bits per heavy atom. The summed E-state index contributed by atoms with van der Waals surface area (Å²) in [5, 5.41) is 1.84. The van der Waals surface area contributed by atoms with E-state index >= 15 is 0 Å². The van der Waals surface area contributed by atoms with Crippen LogP contribution in [0, 0.1) is 12.8 Å². The number of thioether (sulfide) groups is 1. The maximum atomic E-state index is 5.24. The highest BCUT2D eigenvalue weighted by atomic mass is 79.9. The molecule has 13 heavy (non-hydrogen) atoms. The fourth-order valence-corrected chi connectivity index (χ4v) is 2.91. The number of rotatable bonds is 5. The van der Waals surface area contributed by atoms with Crippen LogP contribution in [0.25, 0.3) is 0 Å². The summed E-state index contributed by atoms with van der Waals surface area (Å²) in [5.41, 5.74) is 0.953. The Bertz CT molecular complexity index is 248. The molecule has 2 nitrogen and oxygen atoms in total. The van der Waals surface area contributed by atoms with Gasteiger partial charge in [0.2, 0.25) is 0 Å². The number of nitrogens with zero attached hydrogens (tertiary/aromatic N) is 1. The Hall–Kier alpha value is 0.0400.